The number of pyridine rings is 1. The summed E-state index contributed by atoms with van der Waals surface area (Å²) in [7, 11) is 0. The van der Waals surface area contributed by atoms with Gasteiger partial charge in [0.25, 0.3) is 0 Å². The highest BCUT2D eigenvalue weighted by atomic mass is 16.4. The van der Waals surface area contributed by atoms with E-state index in [4.69, 9.17) is 0 Å². The van der Waals surface area contributed by atoms with Gasteiger partial charge in [0.1, 0.15) is 0 Å². The first kappa shape index (κ1) is 13.3. The number of hydrogen-bond acceptors (Lipinski definition) is 2. The van der Waals surface area contributed by atoms with Crippen LogP contribution >= 0.6 is 0 Å². The minimum absolute atomic E-state index is 0.446. The first-order chi connectivity index (χ1) is 10.2. The van der Waals surface area contributed by atoms with Crippen molar-refractivity contribution in [2.45, 2.75) is 12.3 Å². The average Bonchev–Trinajstić information content (AvgIpc) is 2.53. The lowest BCUT2D eigenvalue weighted by atomic mass is 9.91. The van der Waals surface area contributed by atoms with Gasteiger partial charge in [-0.05, 0) is 34.4 Å². The quantitative estimate of drug-likeness (QED) is 0.792. The summed E-state index contributed by atoms with van der Waals surface area (Å²) in [6.07, 6.45) is 3.85. The molecule has 0 aliphatic heterocycles. The molecule has 2 aromatic carbocycles. The van der Waals surface area contributed by atoms with Gasteiger partial charge in [-0.2, -0.15) is 0 Å². The molecule has 0 amide bonds. The molecule has 0 radical (unpaired) electrons. The third kappa shape index (κ3) is 2.92. The Morgan fingerprint density at radius 1 is 1.05 bits per heavy atom. The van der Waals surface area contributed by atoms with Crippen molar-refractivity contribution < 1.29 is 9.90 Å². The number of benzene rings is 2. The van der Waals surface area contributed by atoms with E-state index in [2.05, 4.69) is 4.98 Å². The van der Waals surface area contributed by atoms with Gasteiger partial charge in [0.2, 0.25) is 0 Å². The van der Waals surface area contributed by atoms with Crippen LogP contribution in [-0.4, -0.2) is 16.1 Å². The zero-order chi connectivity index (χ0) is 14.7. The minimum Gasteiger partial charge on any atom is -0.481 e. The number of fused-ring (bicyclic) bond motifs is 1. The molecule has 1 heterocycles. The van der Waals surface area contributed by atoms with Crippen LogP contribution in [0.25, 0.3) is 10.8 Å². The number of hydrogen-bond donors (Lipinski definition) is 1. The van der Waals surface area contributed by atoms with Gasteiger partial charge in [-0.3, -0.25) is 9.78 Å². The maximum absolute atomic E-state index is 11.6. The highest BCUT2D eigenvalue weighted by Crippen LogP contribution is 2.25. The zero-order valence-corrected chi connectivity index (χ0v) is 11.4. The number of aliphatic carboxylic acids is 1. The topological polar surface area (TPSA) is 50.2 Å². The summed E-state index contributed by atoms with van der Waals surface area (Å²) in [6, 6.07) is 17.5. The van der Waals surface area contributed by atoms with Gasteiger partial charge in [0.05, 0.1) is 5.92 Å². The molecule has 1 N–H and O–H groups in total. The van der Waals surface area contributed by atoms with Crippen molar-refractivity contribution in [1.29, 1.82) is 0 Å². The number of nitrogens with zero attached hydrogens (tertiary/aromatic N) is 1. The Balaban J connectivity index is 1.97. The minimum atomic E-state index is -0.811. The molecule has 3 nitrogen and oxygen atoms in total. The molecule has 0 aliphatic carbocycles. The van der Waals surface area contributed by atoms with Crippen LogP contribution in [0.3, 0.4) is 0 Å². The summed E-state index contributed by atoms with van der Waals surface area (Å²) in [6.45, 7) is 0. The fourth-order valence-corrected chi connectivity index (χ4v) is 2.53. The average molecular weight is 277 g/mol. The zero-order valence-electron chi connectivity index (χ0n) is 11.4. The van der Waals surface area contributed by atoms with Crippen molar-refractivity contribution in [1.82, 2.24) is 4.98 Å². The van der Waals surface area contributed by atoms with E-state index in [1.165, 1.54) is 0 Å². The lowest BCUT2D eigenvalue weighted by Gasteiger charge is -2.13. The van der Waals surface area contributed by atoms with Crippen molar-refractivity contribution in [3.05, 3.63) is 78.1 Å². The molecule has 0 fully saturated rings. The maximum atomic E-state index is 11.6. The van der Waals surface area contributed by atoms with E-state index in [1.54, 1.807) is 12.4 Å². The smallest absolute Gasteiger partial charge is 0.311 e. The van der Waals surface area contributed by atoms with Gasteiger partial charge in [-0.25, -0.2) is 0 Å². The second-order valence-electron chi connectivity index (χ2n) is 5.06. The van der Waals surface area contributed by atoms with E-state index in [0.717, 1.165) is 21.9 Å². The molecule has 0 bridgehead atoms. The first-order valence-corrected chi connectivity index (χ1v) is 6.84. The van der Waals surface area contributed by atoms with E-state index in [-0.39, 0.29) is 0 Å². The highest BCUT2D eigenvalue weighted by Gasteiger charge is 2.20. The Kier molecular flexibility index (Phi) is 3.65. The Morgan fingerprint density at radius 3 is 2.57 bits per heavy atom. The highest BCUT2D eigenvalue weighted by molar-refractivity contribution is 5.85. The molecule has 0 spiro atoms. The maximum Gasteiger partial charge on any atom is 0.311 e. The lowest BCUT2D eigenvalue weighted by molar-refractivity contribution is -0.138. The molecule has 1 atom stereocenters. The van der Waals surface area contributed by atoms with Crippen LogP contribution in [0.4, 0.5) is 0 Å². The summed E-state index contributed by atoms with van der Waals surface area (Å²) < 4.78 is 0. The van der Waals surface area contributed by atoms with Gasteiger partial charge in [0.15, 0.2) is 0 Å². The standard InChI is InChI=1S/C18H15NO2/c20-18(21)17(10-13-4-3-9-19-12-13)16-8-7-14-5-1-2-6-15(14)11-16/h1-9,11-12,17H,10H2,(H,20,21). The first-order valence-electron chi connectivity index (χ1n) is 6.84. The van der Waals surface area contributed by atoms with E-state index in [1.807, 2.05) is 54.6 Å². The molecular formula is C18H15NO2. The normalized spacial score (nSPS) is 12.2. The second-order valence-corrected chi connectivity index (χ2v) is 5.06. The summed E-state index contributed by atoms with van der Waals surface area (Å²) in [5.41, 5.74) is 1.75. The number of rotatable bonds is 4. The van der Waals surface area contributed by atoms with Gasteiger partial charge in [0, 0.05) is 12.4 Å². The lowest BCUT2D eigenvalue weighted by Crippen LogP contribution is -2.14. The molecule has 21 heavy (non-hydrogen) atoms. The largest absolute Gasteiger partial charge is 0.481 e. The Labute approximate surface area is 122 Å². The van der Waals surface area contributed by atoms with Gasteiger partial charge >= 0.3 is 5.97 Å². The molecule has 0 aliphatic rings. The molecule has 0 saturated carbocycles. The van der Waals surface area contributed by atoms with E-state index >= 15 is 0 Å². The molecule has 1 aromatic heterocycles. The van der Waals surface area contributed by atoms with E-state index in [9.17, 15) is 9.90 Å². The second kappa shape index (κ2) is 5.75. The predicted octanol–water partition coefficient (Wildman–Crippen LogP) is 3.65. The van der Waals surface area contributed by atoms with Gasteiger partial charge < -0.3 is 5.11 Å². The van der Waals surface area contributed by atoms with Crippen LogP contribution < -0.4 is 0 Å². The monoisotopic (exact) mass is 277 g/mol. The number of carboxylic acids is 1. The molecule has 3 rings (SSSR count). The molecule has 1 unspecified atom stereocenters. The van der Waals surface area contributed by atoms with Crippen LogP contribution in [0.5, 0.6) is 0 Å². The fourth-order valence-electron chi connectivity index (χ4n) is 2.53. The van der Waals surface area contributed by atoms with Crippen molar-refractivity contribution in [2.24, 2.45) is 0 Å². The van der Waals surface area contributed by atoms with Crippen LogP contribution in [0.2, 0.25) is 0 Å². The van der Waals surface area contributed by atoms with Gasteiger partial charge in [-0.1, -0.05) is 48.5 Å². The number of carbonyl (C=O) groups is 1. The van der Waals surface area contributed by atoms with Crippen molar-refractivity contribution in [2.75, 3.05) is 0 Å². The van der Waals surface area contributed by atoms with Crippen molar-refractivity contribution in [3.8, 4) is 0 Å². The Bertz CT molecular complexity index is 768. The SMILES string of the molecule is O=C(O)C(Cc1cccnc1)c1ccc2ccccc2c1. The van der Waals surface area contributed by atoms with E-state index < -0.39 is 11.9 Å². The van der Waals surface area contributed by atoms with Crippen LogP contribution in [0.1, 0.15) is 17.0 Å². The Morgan fingerprint density at radius 2 is 1.86 bits per heavy atom. The van der Waals surface area contributed by atoms with Crippen molar-refractivity contribution in [3.63, 3.8) is 0 Å². The number of aromatic nitrogens is 1. The molecular weight excluding hydrogens is 262 g/mol. The fraction of sp³-hybridized carbons (Fsp3) is 0.111. The molecule has 3 aromatic rings. The summed E-state index contributed by atoms with van der Waals surface area (Å²) in [5, 5.41) is 11.7. The van der Waals surface area contributed by atoms with Crippen LogP contribution in [0, 0.1) is 0 Å². The Hall–Kier alpha value is -2.68. The predicted molar refractivity (Wildman–Crippen MR) is 82.3 cm³/mol. The third-order valence-corrected chi connectivity index (χ3v) is 3.64. The molecule has 0 saturated heterocycles. The molecule has 104 valence electrons. The van der Waals surface area contributed by atoms with Gasteiger partial charge in [-0.15, -0.1) is 0 Å². The molecule has 3 heteroatoms. The summed E-state index contributed by atoms with van der Waals surface area (Å²) >= 11 is 0. The van der Waals surface area contributed by atoms with Crippen LogP contribution in [0.15, 0.2) is 67.0 Å². The summed E-state index contributed by atoms with van der Waals surface area (Å²) in [4.78, 5) is 15.7. The summed E-state index contributed by atoms with van der Waals surface area (Å²) in [5.74, 6) is -1.37. The van der Waals surface area contributed by atoms with E-state index in [0.29, 0.717) is 6.42 Å². The number of carboxylic acid groups (broad SMARTS) is 1. The third-order valence-electron chi connectivity index (χ3n) is 3.64. The van der Waals surface area contributed by atoms with Crippen molar-refractivity contribution >= 4 is 16.7 Å². The van der Waals surface area contributed by atoms with Crippen LogP contribution in [-0.2, 0) is 11.2 Å².